The standard InChI is InChI=1S/C10H12O2/c11-10(12)8-4-7-9-5-2-1-3-6-9/h1-7,10-12H,8H2/b7-4+. The summed E-state index contributed by atoms with van der Waals surface area (Å²) in [5.74, 6) is 0. The Labute approximate surface area is 71.8 Å². The molecule has 0 radical (unpaired) electrons. The largest absolute Gasteiger partial charge is 0.368 e. The van der Waals surface area contributed by atoms with Crippen LogP contribution in [0.25, 0.3) is 6.08 Å². The first kappa shape index (κ1) is 8.97. The minimum Gasteiger partial charge on any atom is -0.368 e. The highest BCUT2D eigenvalue weighted by Gasteiger charge is 1.90. The highest BCUT2D eigenvalue weighted by molar-refractivity contribution is 5.48. The van der Waals surface area contributed by atoms with E-state index >= 15 is 0 Å². The van der Waals surface area contributed by atoms with Gasteiger partial charge in [0.25, 0.3) is 0 Å². The maximum absolute atomic E-state index is 8.53. The third kappa shape index (κ3) is 3.32. The molecule has 2 N–H and O–H groups in total. The second-order valence-electron chi connectivity index (χ2n) is 2.53. The van der Waals surface area contributed by atoms with Crippen molar-refractivity contribution in [3.05, 3.63) is 42.0 Å². The zero-order valence-electron chi connectivity index (χ0n) is 6.72. The average molecular weight is 164 g/mol. The summed E-state index contributed by atoms with van der Waals surface area (Å²) >= 11 is 0. The van der Waals surface area contributed by atoms with Gasteiger partial charge in [-0.15, -0.1) is 0 Å². The number of aliphatic hydroxyl groups is 2. The van der Waals surface area contributed by atoms with Gasteiger partial charge >= 0.3 is 0 Å². The molecular formula is C10H12O2. The Balaban J connectivity index is 2.47. The summed E-state index contributed by atoms with van der Waals surface area (Å²) in [6, 6.07) is 9.74. The van der Waals surface area contributed by atoms with E-state index in [0.29, 0.717) is 0 Å². The summed E-state index contributed by atoms with van der Waals surface area (Å²) in [5.41, 5.74) is 1.07. The van der Waals surface area contributed by atoms with Crippen molar-refractivity contribution in [1.29, 1.82) is 0 Å². The van der Waals surface area contributed by atoms with Crippen LogP contribution in [0.2, 0.25) is 0 Å². The molecule has 0 amide bonds. The fourth-order valence-electron chi connectivity index (χ4n) is 0.890. The minimum atomic E-state index is -1.25. The maximum Gasteiger partial charge on any atom is 0.154 e. The molecule has 0 aliphatic carbocycles. The molecule has 1 aromatic carbocycles. The van der Waals surface area contributed by atoms with Gasteiger partial charge in [0.1, 0.15) is 0 Å². The molecule has 0 heterocycles. The Morgan fingerprint density at radius 3 is 2.42 bits per heavy atom. The van der Waals surface area contributed by atoms with E-state index in [9.17, 15) is 0 Å². The second-order valence-corrected chi connectivity index (χ2v) is 2.53. The van der Waals surface area contributed by atoms with Crippen molar-refractivity contribution in [2.45, 2.75) is 12.7 Å². The van der Waals surface area contributed by atoms with Gasteiger partial charge in [0.15, 0.2) is 6.29 Å². The minimum absolute atomic E-state index is 0.273. The van der Waals surface area contributed by atoms with E-state index in [0.717, 1.165) is 5.56 Å². The van der Waals surface area contributed by atoms with Crippen molar-refractivity contribution in [2.75, 3.05) is 0 Å². The van der Waals surface area contributed by atoms with Crippen molar-refractivity contribution in [3.8, 4) is 0 Å². The molecule has 0 saturated carbocycles. The molecule has 0 fully saturated rings. The molecule has 0 saturated heterocycles. The highest BCUT2D eigenvalue weighted by Crippen LogP contribution is 2.02. The lowest BCUT2D eigenvalue weighted by Crippen LogP contribution is -2.00. The second kappa shape index (κ2) is 4.70. The number of rotatable bonds is 3. The lowest BCUT2D eigenvalue weighted by atomic mass is 10.2. The monoisotopic (exact) mass is 164 g/mol. The zero-order chi connectivity index (χ0) is 8.81. The van der Waals surface area contributed by atoms with Gasteiger partial charge in [-0.3, -0.25) is 0 Å². The van der Waals surface area contributed by atoms with Crippen LogP contribution in [0.4, 0.5) is 0 Å². The third-order valence-electron chi connectivity index (χ3n) is 1.46. The van der Waals surface area contributed by atoms with E-state index in [-0.39, 0.29) is 6.42 Å². The van der Waals surface area contributed by atoms with Crippen LogP contribution in [-0.2, 0) is 0 Å². The molecule has 1 rings (SSSR count). The van der Waals surface area contributed by atoms with Crippen molar-refractivity contribution < 1.29 is 10.2 Å². The Bertz CT molecular complexity index is 239. The van der Waals surface area contributed by atoms with Crippen LogP contribution in [0.15, 0.2) is 36.4 Å². The number of hydrogen-bond donors (Lipinski definition) is 2. The van der Waals surface area contributed by atoms with E-state index in [1.165, 1.54) is 0 Å². The predicted octanol–water partition coefficient (Wildman–Crippen LogP) is 1.40. The molecular weight excluding hydrogens is 152 g/mol. The summed E-state index contributed by atoms with van der Waals surface area (Å²) in [7, 11) is 0. The molecule has 1 aromatic rings. The predicted molar refractivity (Wildman–Crippen MR) is 48.3 cm³/mol. The maximum atomic E-state index is 8.53. The summed E-state index contributed by atoms with van der Waals surface area (Å²) in [4.78, 5) is 0. The molecule has 0 unspecified atom stereocenters. The van der Waals surface area contributed by atoms with Crippen LogP contribution in [0.1, 0.15) is 12.0 Å². The number of hydrogen-bond acceptors (Lipinski definition) is 2. The van der Waals surface area contributed by atoms with Crippen LogP contribution >= 0.6 is 0 Å². The average Bonchev–Trinajstić information content (AvgIpc) is 2.05. The first-order valence-corrected chi connectivity index (χ1v) is 3.87. The summed E-state index contributed by atoms with van der Waals surface area (Å²) < 4.78 is 0. The molecule has 0 aliphatic rings. The smallest absolute Gasteiger partial charge is 0.154 e. The Morgan fingerprint density at radius 2 is 1.83 bits per heavy atom. The normalized spacial score (nSPS) is 11.2. The molecule has 2 heteroatoms. The Hall–Kier alpha value is -1.12. The van der Waals surface area contributed by atoms with E-state index in [1.54, 1.807) is 6.08 Å². The van der Waals surface area contributed by atoms with Gasteiger partial charge in [-0.2, -0.15) is 0 Å². The van der Waals surface area contributed by atoms with E-state index in [1.807, 2.05) is 36.4 Å². The first-order chi connectivity index (χ1) is 5.79. The van der Waals surface area contributed by atoms with E-state index in [4.69, 9.17) is 10.2 Å². The van der Waals surface area contributed by atoms with Gasteiger partial charge in [-0.05, 0) is 5.56 Å². The van der Waals surface area contributed by atoms with Crippen LogP contribution in [0.5, 0.6) is 0 Å². The molecule has 0 bridgehead atoms. The lowest BCUT2D eigenvalue weighted by molar-refractivity contribution is -0.0359. The molecule has 0 atom stereocenters. The summed E-state index contributed by atoms with van der Waals surface area (Å²) in [5, 5.41) is 17.1. The van der Waals surface area contributed by atoms with Gasteiger partial charge in [0.05, 0.1) is 0 Å². The fourth-order valence-corrected chi connectivity index (χ4v) is 0.890. The van der Waals surface area contributed by atoms with Gasteiger partial charge in [0, 0.05) is 6.42 Å². The zero-order valence-corrected chi connectivity index (χ0v) is 6.72. The number of benzene rings is 1. The van der Waals surface area contributed by atoms with E-state index in [2.05, 4.69) is 0 Å². The van der Waals surface area contributed by atoms with Crippen LogP contribution in [0.3, 0.4) is 0 Å². The molecule has 2 nitrogen and oxygen atoms in total. The SMILES string of the molecule is OC(O)C/C=C/c1ccccc1. The van der Waals surface area contributed by atoms with Crippen molar-refractivity contribution in [2.24, 2.45) is 0 Å². The molecule has 12 heavy (non-hydrogen) atoms. The quantitative estimate of drug-likeness (QED) is 0.663. The topological polar surface area (TPSA) is 40.5 Å². The molecule has 0 spiro atoms. The van der Waals surface area contributed by atoms with Crippen LogP contribution < -0.4 is 0 Å². The van der Waals surface area contributed by atoms with Gasteiger partial charge in [-0.1, -0.05) is 42.5 Å². The molecule has 64 valence electrons. The van der Waals surface area contributed by atoms with Gasteiger partial charge in [-0.25, -0.2) is 0 Å². The van der Waals surface area contributed by atoms with Crippen LogP contribution in [0, 0.1) is 0 Å². The lowest BCUT2D eigenvalue weighted by Gasteiger charge is -1.95. The van der Waals surface area contributed by atoms with Crippen molar-refractivity contribution in [3.63, 3.8) is 0 Å². The first-order valence-electron chi connectivity index (χ1n) is 3.87. The highest BCUT2D eigenvalue weighted by atomic mass is 16.5. The Kier molecular flexibility index (Phi) is 3.51. The molecule has 0 aliphatic heterocycles. The van der Waals surface area contributed by atoms with E-state index < -0.39 is 6.29 Å². The van der Waals surface area contributed by atoms with Crippen molar-refractivity contribution in [1.82, 2.24) is 0 Å². The Morgan fingerprint density at radius 1 is 1.17 bits per heavy atom. The summed E-state index contributed by atoms with van der Waals surface area (Å²) in [6.45, 7) is 0. The van der Waals surface area contributed by atoms with Crippen LogP contribution in [-0.4, -0.2) is 16.5 Å². The van der Waals surface area contributed by atoms with Gasteiger partial charge in [0.2, 0.25) is 0 Å². The third-order valence-corrected chi connectivity index (χ3v) is 1.46. The van der Waals surface area contributed by atoms with Crippen molar-refractivity contribution >= 4 is 6.08 Å². The number of aliphatic hydroxyl groups excluding tert-OH is 1. The molecule has 0 aromatic heterocycles. The summed E-state index contributed by atoms with van der Waals surface area (Å²) in [6.07, 6.45) is 2.62. The van der Waals surface area contributed by atoms with Gasteiger partial charge < -0.3 is 10.2 Å². The fraction of sp³-hybridized carbons (Fsp3) is 0.200.